The predicted octanol–water partition coefficient (Wildman–Crippen LogP) is 3.76. The van der Waals surface area contributed by atoms with E-state index < -0.39 is 11.9 Å². The first-order valence-corrected chi connectivity index (χ1v) is 11.5. The molecule has 0 aliphatic heterocycles. The van der Waals surface area contributed by atoms with Gasteiger partial charge in [-0.15, -0.1) is 16.8 Å². The summed E-state index contributed by atoms with van der Waals surface area (Å²) in [6.45, 7) is 5.98. The van der Waals surface area contributed by atoms with E-state index in [1.54, 1.807) is 42.0 Å². The van der Waals surface area contributed by atoms with Crippen LogP contribution < -0.4 is 15.4 Å². The number of hydrogen-bond acceptors (Lipinski definition) is 6. The second-order valence-corrected chi connectivity index (χ2v) is 8.31. The third kappa shape index (κ3) is 6.67. The van der Waals surface area contributed by atoms with Gasteiger partial charge in [-0.2, -0.15) is 0 Å². The molecule has 8 nitrogen and oxygen atoms in total. The molecule has 0 fully saturated rings. The highest BCUT2D eigenvalue weighted by Crippen LogP contribution is 2.22. The van der Waals surface area contributed by atoms with Crippen LogP contribution in [-0.4, -0.2) is 39.4 Å². The normalized spacial score (nSPS) is 11.5. The van der Waals surface area contributed by atoms with Crippen LogP contribution >= 0.6 is 11.8 Å². The lowest BCUT2D eigenvalue weighted by Crippen LogP contribution is -2.30. The highest BCUT2D eigenvalue weighted by atomic mass is 32.2. The number of aromatic nitrogens is 3. The number of methoxy groups -OCH3 is 1. The Hall–Kier alpha value is -3.66. The number of para-hydroxylation sites is 1. The molecule has 34 heavy (non-hydrogen) atoms. The van der Waals surface area contributed by atoms with Crippen molar-refractivity contribution in [2.24, 2.45) is 0 Å². The van der Waals surface area contributed by atoms with Gasteiger partial charge >= 0.3 is 0 Å². The van der Waals surface area contributed by atoms with Gasteiger partial charge in [0.15, 0.2) is 11.0 Å². The van der Waals surface area contributed by atoms with Crippen LogP contribution in [0.5, 0.6) is 5.75 Å². The average Bonchev–Trinajstić information content (AvgIpc) is 3.22. The second kappa shape index (κ2) is 12.0. The highest BCUT2D eigenvalue weighted by molar-refractivity contribution is 7.99. The van der Waals surface area contributed by atoms with Gasteiger partial charge in [0.1, 0.15) is 11.6 Å². The molecule has 0 bridgehead atoms. The number of halogens is 1. The summed E-state index contributed by atoms with van der Waals surface area (Å²) in [7, 11) is 1.59. The fraction of sp³-hybridized carbons (Fsp3) is 0.250. The highest BCUT2D eigenvalue weighted by Gasteiger charge is 2.20. The van der Waals surface area contributed by atoms with Crippen LogP contribution in [0.3, 0.4) is 0 Å². The van der Waals surface area contributed by atoms with E-state index in [9.17, 15) is 14.0 Å². The van der Waals surface area contributed by atoms with Gasteiger partial charge in [-0.25, -0.2) is 4.39 Å². The maximum absolute atomic E-state index is 13.7. The molecule has 0 saturated heterocycles. The molecule has 0 saturated carbocycles. The van der Waals surface area contributed by atoms with Crippen LogP contribution in [0.15, 0.2) is 66.3 Å². The molecule has 10 heteroatoms. The van der Waals surface area contributed by atoms with Crippen molar-refractivity contribution < 1.29 is 18.7 Å². The lowest BCUT2D eigenvalue weighted by Gasteiger charge is -2.15. The second-order valence-electron chi connectivity index (χ2n) is 7.37. The SMILES string of the molecule is C=CCn1c(SCC(=O)Nc2ccccc2F)nnc1C(C)NC(=O)Cc1ccc(OC)cc1. The first-order chi connectivity index (χ1) is 16.4. The molecule has 3 aromatic rings. The predicted molar refractivity (Wildman–Crippen MR) is 129 cm³/mol. The number of ether oxygens (including phenoxy) is 1. The molecule has 2 aromatic carbocycles. The molecule has 0 aliphatic rings. The number of nitrogens with zero attached hydrogens (tertiary/aromatic N) is 3. The molecule has 2 amide bonds. The van der Waals surface area contributed by atoms with Gasteiger partial charge in [0.2, 0.25) is 11.8 Å². The lowest BCUT2D eigenvalue weighted by molar-refractivity contribution is -0.121. The monoisotopic (exact) mass is 483 g/mol. The maximum atomic E-state index is 13.7. The van der Waals surface area contributed by atoms with Crippen LogP contribution in [0.1, 0.15) is 24.4 Å². The third-order valence-electron chi connectivity index (χ3n) is 4.83. The maximum Gasteiger partial charge on any atom is 0.234 e. The standard InChI is InChI=1S/C24H26FN5O3S/c1-4-13-30-23(16(2)26-21(31)14-17-9-11-18(33-3)12-10-17)28-29-24(30)34-15-22(32)27-20-8-6-5-7-19(20)25/h4-12,16H,1,13-15H2,2-3H3,(H,26,31)(H,27,32). The van der Waals surface area contributed by atoms with Crippen molar-refractivity contribution in [3.63, 3.8) is 0 Å². The smallest absolute Gasteiger partial charge is 0.234 e. The van der Waals surface area contributed by atoms with E-state index in [0.717, 1.165) is 11.3 Å². The van der Waals surface area contributed by atoms with Crippen molar-refractivity contribution in [1.82, 2.24) is 20.1 Å². The minimum atomic E-state index is -0.503. The Morgan fingerprint density at radius 3 is 2.59 bits per heavy atom. The van der Waals surface area contributed by atoms with Crippen LogP contribution in [0.4, 0.5) is 10.1 Å². The first kappa shape index (κ1) is 25.0. The van der Waals surface area contributed by atoms with E-state index in [4.69, 9.17) is 4.74 Å². The molecule has 1 atom stereocenters. The summed E-state index contributed by atoms with van der Waals surface area (Å²) in [5.74, 6) is 0.247. The molecule has 1 unspecified atom stereocenters. The third-order valence-corrected chi connectivity index (χ3v) is 5.79. The molecule has 1 heterocycles. The summed E-state index contributed by atoms with van der Waals surface area (Å²) in [4.78, 5) is 24.8. The lowest BCUT2D eigenvalue weighted by atomic mass is 10.1. The van der Waals surface area contributed by atoms with Crippen molar-refractivity contribution in [3.05, 3.63) is 78.4 Å². The Bertz CT molecular complexity index is 1150. The number of benzene rings is 2. The molecule has 178 valence electrons. The zero-order valence-corrected chi connectivity index (χ0v) is 19.8. The fourth-order valence-electron chi connectivity index (χ4n) is 3.19. The van der Waals surface area contributed by atoms with Gasteiger partial charge in [-0.05, 0) is 36.8 Å². The van der Waals surface area contributed by atoms with E-state index >= 15 is 0 Å². The largest absolute Gasteiger partial charge is 0.497 e. The molecular weight excluding hydrogens is 457 g/mol. The Morgan fingerprint density at radius 1 is 1.18 bits per heavy atom. The van der Waals surface area contributed by atoms with Gasteiger partial charge in [-0.3, -0.25) is 9.59 Å². The summed E-state index contributed by atoms with van der Waals surface area (Å²) in [5, 5.41) is 14.4. The number of carbonyl (C=O) groups excluding carboxylic acids is 2. The van der Waals surface area contributed by atoms with Crippen molar-refractivity contribution in [2.45, 2.75) is 31.1 Å². The van der Waals surface area contributed by atoms with Crippen LogP contribution in [0.2, 0.25) is 0 Å². The fourth-order valence-corrected chi connectivity index (χ4v) is 3.95. The van der Waals surface area contributed by atoms with Gasteiger partial charge in [0.25, 0.3) is 0 Å². The number of thioether (sulfide) groups is 1. The Morgan fingerprint density at radius 2 is 1.91 bits per heavy atom. The quantitative estimate of drug-likeness (QED) is 0.318. The summed E-state index contributed by atoms with van der Waals surface area (Å²) >= 11 is 1.17. The summed E-state index contributed by atoms with van der Waals surface area (Å²) in [5.41, 5.74) is 0.977. The molecule has 3 rings (SSSR count). The number of anilines is 1. The van der Waals surface area contributed by atoms with Gasteiger partial charge < -0.3 is 19.9 Å². The number of hydrogen-bond donors (Lipinski definition) is 2. The van der Waals surface area contributed by atoms with E-state index in [2.05, 4.69) is 27.4 Å². The van der Waals surface area contributed by atoms with Gasteiger partial charge in [0.05, 0.1) is 31.0 Å². The minimum Gasteiger partial charge on any atom is -0.497 e. The van der Waals surface area contributed by atoms with Gasteiger partial charge in [0, 0.05) is 6.54 Å². The van der Waals surface area contributed by atoms with Crippen molar-refractivity contribution in [2.75, 3.05) is 18.2 Å². The van der Waals surface area contributed by atoms with E-state index in [1.165, 1.54) is 23.9 Å². The van der Waals surface area contributed by atoms with Crippen molar-refractivity contribution >= 4 is 29.3 Å². The number of rotatable bonds is 11. The van der Waals surface area contributed by atoms with Crippen LogP contribution in [0, 0.1) is 5.82 Å². The summed E-state index contributed by atoms with van der Waals surface area (Å²) in [6.07, 6.45) is 1.89. The summed E-state index contributed by atoms with van der Waals surface area (Å²) in [6, 6.07) is 12.8. The van der Waals surface area contributed by atoms with Gasteiger partial charge in [-0.1, -0.05) is 42.1 Å². The zero-order chi connectivity index (χ0) is 24.5. The Balaban J connectivity index is 1.61. The number of carbonyl (C=O) groups is 2. The van der Waals surface area contributed by atoms with Crippen LogP contribution in [0.25, 0.3) is 0 Å². The van der Waals surface area contributed by atoms with Crippen LogP contribution in [-0.2, 0) is 22.6 Å². The average molecular weight is 484 g/mol. The zero-order valence-electron chi connectivity index (χ0n) is 19.0. The topological polar surface area (TPSA) is 98.1 Å². The van der Waals surface area contributed by atoms with E-state index in [1.807, 2.05) is 19.1 Å². The molecule has 0 radical (unpaired) electrons. The minimum absolute atomic E-state index is 0.0157. The molecule has 0 spiro atoms. The number of amides is 2. The molecule has 1 aromatic heterocycles. The number of allylic oxidation sites excluding steroid dienone is 1. The molecule has 0 aliphatic carbocycles. The summed E-state index contributed by atoms with van der Waals surface area (Å²) < 4.78 is 20.7. The number of nitrogens with one attached hydrogen (secondary N) is 2. The van der Waals surface area contributed by atoms with Crippen molar-refractivity contribution in [3.8, 4) is 5.75 Å². The Labute approximate surface area is 201 Å². The van der Waals surface area contributed by atoms with E-state index in [0.29, 0.717) is 17.5 Å². The van der Waals surface area contributed by atoms with Crippen molar-refractivity contribution in [1.29, 1.82) is 0 Å². The van der Waals surface area contributed by atoms with E-state index in [-0.39, 0.29) is 29.7 Å². The molecular formula is C24H26FN5O3S. The molecule has 2 N–H and O–H groups in total. The first-order valence-electron chi connectivity index (χ1n) is 10.5. The Kier molecular flexibility index (Phi) is 8.80.